The fourth-order valence-electron chi connectivity index (χ4n) is 2.06. The lowest BCUT2D eigenvalue weighted by atomic mass is 10.2. The molecule has 1 aromatic heterocycles. The predicted octanol–water partition coefficient (Wildman–Crippen LogP) is 2.43. The van der Waals surface area contributed by atoms with Crippen LogP contribution in [0.25, 0.3) is 11.4 Å². The Morgan fingerprint density at radius 2 is 2.09 bits per heavy atom. The van der Waals surface area contributed by atoms with E-state index in [1.807, 2.05) is 47.9 Å². The molecule has 23 heavy (non-hydrogen) atoms. The van der Waals surface area contributed by atoms with E-state index in [1.165, 1.54) is 11.8 Å². The van der Waals surface area contributed by atoms with Crippen LogP contribution >= 0.6 is 11.8 Å². The summed E-state index contributed by atoms with van der Waals surface area (Å²) in [5, 5.41) is 17.8. The summed E-state index contributed by atoms with van der Waals surface area (Å²) in [6.07, 6.45) is 0.343. The highest BCUT2D eigenvalue weighted by Crippen LogP contribution is 2.23. The third-order valence-corrected chi connectivity index (χ3v) is 4.33. The van der Waals surface area contributed by atoms with Gasteiger partial charge in [-0.25, -0.2) is 0 Å². The number of thioether (sulfide) groups is 1. The van der Waals surface area contributed by atoms with Gasteiger partial charge in [0.25, 0.3) is 0 Å². The minimum atomic E-state index is -0.0165. The van der Waals surface area contributed by atoms with E-state index in [0.29, 0.717) is 13.0 Å². The number of carbonyl (C=O) groups excluding carboxylic acids is 1. The van der Waals surface area contributed by atoms with Gasteiger partial charge in [-0.1, -0.05) is 42.1 Å². The maximum atomic E-state index is 12.0. The second-order valence-electron chi connectivity index (χ2n) is 4.93. The molecule has 1 heterocycles. The minimum Gasteiger partial charge on any atom is -0.344 e. The molecule has 0 aliphatic rings. The second kappa shape index (κ2) is 8.34. The SMILES string of the molecule is CCn1c(SCC(=O)N(C)CCC#N)nnc1-c1ccccc1. The van der Waals surface area contributed by atoms with E-state index in [2.05, 4.69) is 10.2 Å². The van der Waals surface area contributed by atoms with Gasteiger partial charge in [-0.15, -0.1) is 10.2 Å². The monoisotopic (exact) mass is 329 g/mol. The Kier molecular flexibility index (Phi) is 6.18. The van der Waals surface area contributed by atoms with Crippen molar-refractivity contribution in [3.8, 4) is 17.5 Å². The van der Waals surface area contributed by atoms with Gasteiger partial charge in [0.2, 0.25) is 5.91 Å². The number of benzene rings is 1. The lowest BCUT2D eigenvalue weighted by Crippen LogP contribution is -2.29. The average Bonchev–Trinajstić information content (AvgIpc) is 3.01. The third-order valence-electron chi connectivity index (χ3n) is 3.37. The van der Waals surface area contributed by atoms with Crippen molar-refractivity contribution in [3.63, 3.8) is 0 Å². The summed E-state index contributed by atoms with van der Waals surface area (Å²) < 4.78 is 2.00. The lowest BCUT2D eigenvalue weighted by Gasteiger charge is -2.15. The number of nitriles is 1. The fraction of sp³-hybridized carbons (Fsp3) is 0.375. The first-order valence-electron chi connectivity index (χ1n) is 7.39. The summed E-state index contributed by atoms with van der Waals surface area (Å²) >= 11 is 1.37. The van der Waals surface area contributed by atoms with Crippen molar-refractivity contribution >= 4 is 17.7 Å². The van der Waals surface area contributed by atoms with Crippen molar-refractivity contribution in [2.75, 3.05) is 19.3 Å². The van der Waals surface area contributed by atoms with Crippen LogP contribution in [-0.2, 0) is 11.3 Å². The lowest BCUT2D eigenvalue weighted by molar-refractivity contribution is -0.127. The van der Waals surface area contributed by atoms with E-state index in [-0.39, 0.29) is 11.7 Å². The Morgan fingerprint density at radius 1 is 1.35 bits per heavy atom. The van der Waals surface area contributed by atoms with Crippen LogP contribution in [0, 0.1) is 11.3 Å². The Morgan fingerprint density at radius 3 is 2.74 bits per heavy atom. The first-order valence-corrected chi connectivity index (χ1v) is 8.38. The molecule has 0 saturated heterocycles. The first-order chi connectivity index (χ1) is 11.2. The molecule has 0 spiro atoms. The summed E-state index contributed by atoms with van der Waals surface area (Å²) in [5.74, 6) is 1.08. The predicted molar refractivity (Wildman–Crippen MR) is 89.7 cm³/mol. The largest absolute Gasteiger partial charge is 0.344 e. The Labute approximate surface area is 140 Å². The maximum Gasteiger partial charge on any atom is 0.232 e. The normalized spacial score (nSPS) is 10.3. The van der Waals surface area contributed by atoms with Crippen LogP contribution in [0.5, 0.6) is 0 Å². The molecule has 1 aromatic carbocycles. The van der Waals surface area contributed by atoms with Crippen LogP contribution in [0.1, 0.15) is 13.3 Å². The van der Waals surface area contributed by atoms with Crippen LogP contribution in [0.4, 0.5) is 0 Å². The molecule has 120 valence electrons. The quantitative estimate of drug-likeness (QED) is 0.729. The van der Waals surface area contributed by atoms with Crippen molar-refractivity contribution in [3.05, 3.63) is 30.3 Å². The van der Waals surface area contributed by atoms with E-state index in [4.69, 9.17) is 5.26 Å². The molecule has 0 fully saturated rings. The van der Waals surface area contributed by atoms with Crippen LogP contribution in [-0.4, -0.2) is 44.9 Å². The fourth-order valence-corrected chi connectivity index (χ4v) is 3.00. The summed E-state index contributed by atoms with van der Waals surface area (Å²) in [5.41, 5.74) is 1.01. The molecule has 0 bridgehead atoms. The Hall–Kier alpha value is -2.33. The molecule has 0 saturated carbocycles. The van der Waals surface area contributed by atoms with Crippen molar-refractivity contribution in [2.45, 2.75) is 25.0 Å². The summed E-state index contributed by atoms with van der Waals surface area (Å²) in [7, 11) is 1.71. The van der Waals surface area contributed by atoms with Gasteiger partial charge in [0.05, 0.1) is 18.2 Å². The molecule has 0 N–H and O–H groups in total. The standard InChI is InChI=1S/C16H19N5OS/c1-3-21-15(13-8-5-4-6-9-13)18-19-16(21)23-12-14(22)20(2)11-7-10-17/h4-6,8-9H,3,7,11-12H2,1-2H3. The maximum absolute atomic E-state index is 12.0. The molecule has 7 heteroatoms. The topological polar surface area (TPSA) is 74.8 Å². The van der Waals surface area contributed by atoms with E-state index < -0.39 is 0 Å². The molecule has 0 atom stereocenters. The number of hydrogen-bond acceptors (Lipinski definition) is 5. The molecule has 2 rings (SSSR count). The van der Waals surface area contributed by atoms with Gasteiger partial charge in [-0.2, -0.15) is 5.26 Å². The van der Waals surface area contributed by atoms with Crippen molar-refractivity contribution in [2.24, 2.45) is 0 Å². The highest BCUT2D eigenvalue weighted by atomic mass is 32.2. The summed E-state index contributed by atoms with van der Waals surface area (Å²) in [6, 6.07) is 11.9. The Bertz CT molecular complexity index is 692. The zero-order chi connectivity index (χ0) is 16.7. The van der Waals surface area contributed by atoms with Crippen LogP contribution in [0.2, 0.25) is 0 Å². The van der Waals surface area contributed by atoms with E-state index in [0.717, 1.165) is 23.1 Å². The highest BCUT2D eigenvalue weighted by molar-refractivity contribution is 7.99. The minimum absolute atomic E-state index is 0.0165. The molecule has 6 nitrogen and oxygen atoms in total. The zero-order valence-electron chi connectivity index (χ0n) is 13.3. The van der Waals surface area contributed by atoms with Crippen LogP contribution < -0.4 is 0 Å². The summed E-state index contributed by atoms with van der Waals surface area (Å²) in [6.45, 7) is 3.21. The molecule has 2 aromatic rings. The van der Waals surface area contributed by atoms with Crippen molar-refractivity contribution in [1.29, 1.82) is 5.26 Å². The molecular weight excluding hydrogens is 310 g/mol. The van der Waals surface area contributed by atoms with Crippen LogP contribution in [0.3, 0.4) is 0 Å². The van der Waals surface area contributed by atoms with Gasteiger partial charge >= 0.3 is 0 Å². The van der Waals surface area contributed by atoms with Crippen molar-refractivity contribution < 1.29 is 4.79 Å². The number of nitrogens with zero attached hydrogens (tertiary/aromatic N) is 5. The molecule has 0 unspecified atom stereocenters. The number of rotatable bonds is 7. The summed E-state index contributed by atoms with van der Waals surface area (Å²) in [4.78, 5) is 13.6. The van der Waals surface area contributed by atoms with Gasteiger partial charge < -0.3 is 9.47 Å². The van der Waals surface area contributed by atoms with Gasteiger partial charge in [0, 0.05) is 25.7 Å². The molecule has 0 radical (unpaired) electrons. The van der Waals surface area contributed by atoms with Crippen LogP contribution in [0.15, 0.2) is 35.5 Å². The molecular formula is C16H19N5OS. The van der Waals surface area contributed by atoms with E-state index in [9.17, 15) is 4.79 Å². The van der Waals surface area contributed by atoms with Gasteiger partial charge in [-0.3, -0.25) is 4.79 Å². The Balaban J connectivity index is 2.06. The van der Waals surface area contributed by atoms with Crippen molar-refractivity contribution in [1.82, 2.24) is 19.7 Å². The number of hydrogen-bond donors (Lipinski definition) is 0. The number of amides is 1. The second-order valence-corrected chi connectivity index (χ2v) is 5.87. The van der Waals surface area contributed by atoms with Gasteiger partial charge in [0.15, 0.2) is 11.0 Å². The average molecular weight is 329 g/mol. The highest BCUT2D eigenvalue weighted by Gasteiger charge is 2.15. The third kappa shape index (κ3) is 4.33. The zero-order valence-corrected chi connectivity index (χ0v) is 14.1. The van der Waals surface area contributed by atoms with Gasteiger partial charge in [-0.05, 0) is 6.92 Å². The van der Waals surface area contributed by atoms with E-state index >= 15 is 0 Å². The number of carbonyl (C=O) groups is 1. The smallest absolute Gasteiger partial charge is 0.232 e. The van der Waals surface area contributed by atoms with E-state index in [1.54, 1.807) is 11.9 Å². The molecule has 1 amide bonds. The molecule has 0 aliphatic heterocycles. The molecule has 0 aliphatic carbocycles. The first kappa shape index (κ1) is 17.0. The number of aromatic nitrogens is 3. The van der Waals surface area contributed by atoms with Gasteiger partial charge in [0.1, 0.15) is 0 Å².